The van der Waals surface area contributed by atoms with Crippen LogP contribution < -0.4 is 0 Å². The molecule has 0 bridgehead atoms. The molecule has 0 saturated heterocycles. The van der Waals surface area contributed by atoms with Crippen LogP contribution in [0, 0.1) is 16.7 Å². The van der Waals surface area contributed by atoms with Crippen LogP contribution in [0.5, 0.6) is 0 Å². The van der Waals surface area contributed by atoms with Gasteiger partial charge in [0.2, 0.25) is 0 Å². The van der Waals surface area contributed by atoms with Crippen molar-refractivity contribution in [3.05, 3.63) is 26.3 Å². The zero-order chi connectivity index (χ0) is 12.6. The first-order valence-electron chi connectivity index (χ1n) is 5.82. The summed E-state index contributed by atoms with van der Waals surface area (Å²) in [5.41, 5.74) is 0.920. The Kier molecular flexibility index (Phi) is 3.27. The zero-order valence-electron chi connectivity index (χ0n) is 9.65. The molecule has 0 N–H and O–H groups in total. The summed E-state index contributed by atoms with van der Waals surface area (Å²) >= 11 is 6.84. The maximum Gasteiger partial charge on any atom is 0.0948 e. The van der Waals surface area contributed by atoms with Gasteiger partial charge in [0.15, 0.2) is 0 Å². The van der Waals surface area contributed by atoms with Crippen LogP contribution in [-0.4, -0.2) is 4.98 Å². The van der Waals surface area contributed by atoms with Crippen molar-refractivity contribution in [1.29, 1.82) is 5.26 Å². The SMILES string of the molecule is N#CC1(Cc2nc(-c3ccc(Br)s3)cs2)CCC1. The van der Waals surface area contributed by atoms with Crippen LogP contribution in [0.3, 0.4) is 0 Å². The van der Waals surface area contributed by atoms with Crippen LogP contribution in [-0.2, 0) is 6.42 Å². The second kappa shape index (κ2) is 4.76. The highest BCUT2D eigenvalue weighted by molar-refractivity contribution is 9.11. The van der Waals surface area contributed by atoms with Gasteiger partial charge in [0.1, 0.15) is 0 Å². The minimum absolute atomic E-state index is 0.120. The summed E-state index contributed by atoms with van der Waals surface area (Å²) in [6.07, 6.45) is 4.07. The van der Waals surface area contributed by atoms with Crippen LogP contribution in [0.15, 0.2) is 21.3 Å². The molecule has 2 aromatic rings. The molecule has 1 saturated carbocycles. The summed E-state index contributed by atoms with van der Waals surface area (Å²) in [6.45, 7) is 0. The second-order valence-electron chi connectivity index (χ2n) is 4.65. The van der Waals surface area contributed by atoms with Crippen molar-refractivity contribution in [2.24, 2.45) is 5.41 Å². The van der Waals surface area contributed by atoms with Crippen molar-refractivity contribution in [2.75, 3.05) is 0 Å². The van der Waals surface area contributed by atoms with Gasteiger partial charge in [0.25, 0.3) is 0 Å². The Morgan fingerprint density at radius 1 is 1.44 bits per heavy atom. The number of thiophene rings is 1. The van der Waals surface area contributed by atoms with E-state index in [4.69, 9.17) is 0 Å². The van der Waals surface area contributed by atoms with Crippen molar-refractivity contribution >= 4 is 38.6 Å². The van der Waals surface area contributed by atoms with E-state index in [1.807, 2.05) is 6.07 Å². The Morgan fingerprint density at radius 2 is 2.28 bits per heavy atom. The molecule has 3 rings (SSSR count). The lowest BCUT2D eigenvalue weighted by Gasteiger charge is -2.34. The van der Waals surface area contributed by atoms with Gasteiger partial charge in [0, 0.05) is 11.8 Å². The Hall–Kier alpha value is -0.700. The van der Waals surface area contributed by atoms with E-state index in [9.17, 15) is 5.26 Å². The van der Waals surface area contributed by atoms with Crippen molar-refractivity contribution in [1.82, 2.24) is 4.98 Å². The largest absolute Gasteiger partial charge is 0.240 e. The zero-order valence-corrected chi connectivity index (χ0v) is 12.9. The lowest BCUT2D eigenvalue weighted by molar-refractivity contribution is 0.214. The molecule has 0 aromatic carbocycles. The maximum atomic E-state index is 9.25. The fraction of sp³-hybridized carbons (Fsp3) is 0.385. The van der Waals surface area contributed by atoms with Crippen LogP contribution in [0.1, 0.15) is 24.3 Å². The Morgan fingerprint density at radius 3 is 2.83 bits per heavy atom. The van der Waals surface area contributed by atoms with Crippen LogP contribution in [0.25, 0.3) is 10.6 Å². The van der Waals surface area contributed by atoms with Crippen LogP contribution >= 0.6 is 38.6 Å². The van der Waals surface area contributed by atoms with E-state index in [1.165, 1.54) is 11.3 Å². The van der Waals surface area contributed by atoms with Gasteiger partial charge >= 0.3 is 0 Å². The Balaban J connectivity index is 1.80. The summed E-state index contributed by atoms with van der Waals surface area (Å²) in [6, 6.07) is 6.60. The predicted octanol–water partition coefficient (Wildman–Crippen LogP) is 4.87. The normalized spacial score (nSPS) is 17.1. The first-order valence-corrected chi connectivity index (χ1v) is 8.31. The third kappa shape index (κ3) is 2.25. The van der Waals surface area contributed by atoms with Gasteiger partial charge in [0.05, 0.1) is 30.8 Å². The fourth-order valence-corrected chi connectivity index (χ4v) is 4.54. The van der Waals surface area contributed by atoms with Crippen molar-refractivity contribution in [3.8, 4) is 16.6 Å². The molecule has 5 heteroatoms. The minimum Gasteiger partial charge on any atom is -0.240 e. The average molecular weight is 339 g/mol. The number of nitrogens with zero attached hydrogens (tertiary/aromatic N) is 2. The first kappa shape index (κ1) is 12.3. The van der Waals surface area contributed by atoms with Crippen LogP contribution in [0.2, 0.25) is 0 Å². The molecule has 2 nitrogen and oxygen atoms in total. The molecule has 18 heavy (non-hydrogen) atoms. The number of thiazole rings is 1. The van der Waals surface area contributed by atoms with Gasteiger partial charge in [-0.25, -0.2) is 4.98 Å². The molecule has 1 aliphatic rings. The van der Waals surface area contributed by atoms with Crippen molar-refractivity contribution in [2.45, 2.75) is 25.7 Å². The lowest BCUT2D eigenvalue weighted by Crippen LogP contribution is -2.29. The Labute approximate surface area is 122 Å². The maximum absolute atomic E-state index is 9.25. The monoisotopic (exact) mass is 338 g/mol. The first-order chi connectivity index (χ1) is 8.71. The van der Waals surface area contributed by atoms with Gasteiger partial charge in [-0.15, -0.1) is 22.7 Å². The number of aromatic nitrogens is 1. The predicted molar refractivity (Wildman–Crippen MR) is 78.7 cm³/mol. The van der Waals surface area contributed by atoms with E-state index in [1.54, 1.807) is 22.7 Å². The third-order valence-electron chi connectivity index (χ3n) is 3.41. The number of rotatable bonds is 3. The summed E-state index contributed by atoms with van der Waals surface area (Å²) in [5.74, 6) is 0. The molecule has 0 aliphatic heterocycles. The van der Waals surface area contributed by atoms with E-state index in [0.29, 0.717) is 0 Å². The van der Waals surface area contributed by atoms with E-state index < -0.39 is 0 Å². The molecule has 1 aliphatic carbocycles. The summed E-state index contributed by atoms with van der Waals surface area (Å²) in [5, 5.41) is 12.4. The minimum atomic E-state index is -0.120. The molecular formula is C13H11BrN2S2. The van der Waals surface area contributed by atoms with Gasteiger partial charge in [-0.05, 0) is 40.9 Å². The molecule has 0 radical (unpaired) electrons. The molecule has 0 unspecified atom stereocenters. The Bertz CT molecular complexity index is 605. The van der Waals surface area contributed by atoms with Crippen LogP contribution in [0.4, 0.5) is 0 Å². The topological polar surface area (TPSA) is 36.7 Å². The van der Waals surface area contributed by atoms with Gasteiger partial charge < -0.3 is 0 Å². The molecule has 92 valence electrons. The number of hydrogen-bond acceptors (Lipinski definition) is 4. The molecule has 2 aromatic heterocycles. The number of hydrogen-bond donors (Lipinski definition) is 0. The summed E-state index contributed by atoms with van der Waals surface area (Å²) < 4.78 is 1.12. The van der Waals surface area contributed by atoms with E-state index in [0.717, 1.165) is 33.8 Å². The highest BCUT2D eigenvalue weighted by atomic mass is 79.9. The van der Waals surface area contributed by atoms with Crippen molar-refractivity contribution < 1.29 is 0 Å². The molecule has 0 amide bonds. The summed E-state index contributed by atoms with van der Waals surface area (Å²) in [4.78, 5) is 5.85. The smallest absolute Gasteiger partial charge is 0.0948 e. The highest BCUT2D eigenvalue weighted by Gasteiger charge is 2.38. The second-order valence-corrected chi connectivity index (χ2v) is 8.06. The van der Waals surface area contributed by atoms with E-state index in [-0.39, 0.29) is 5.41 Å². The number of halogens is 1. The van der Waals surface area contributed by atoms with Gasteiger partial charge in [-0.2, -0.15) is 5.26 Å². The fourth-order valence-electron chi connectivity index (χ4n) is 2.18. The third-order valence-corrected chi connectivity index (χ3v) is 5.91. The van der Waals surface area contributed by atoms with Gasteiger partial charge in [-0.3, -0.25) is 0 Å². The standard InChI is InChI=1S/C13H11BrN2S2/c14-11-3-2-10(18-11)9-7-17-12(16-9)6-13(8-15)4-1-5-13/h2-3,7H,1,4-6H2. The highest BCUT2D eigenvalue weighted by Crippen LogP contribution is 2.44. The lowest BCUT2D eigenvalue weighted by atomic mass is 9.68. The quantitative estimate of drug-likeness (QED) is 0.800. The molecule has 1 fully saturated rings. The molecule has 0 spiro atoms. The van der Waals surface area contributed by atoms with Crippen molar-refractivity contribution in [3.63, 3.8) is 0 Å². The van der Waals surface area contributed by atoms with Gasteiger partial charge in [-0.1, -0.05) is 6.42 Å². The van der Waals surface area contributed by atoms with E-state index >= 15 is 0 Å². The average Bonchev–Trinajstić information content (AvgIpc) is 2.92. The molecule has 0 atom stereocenters. The molecule has 2 heterocycles. The number of nitriles is 1. The summed E-state index contributed by atoms with van der Waals surface area (Å²) in [7, 11) is 0. The molecular weight excluding hydrogens is 328 g/mol. The van der Waals surface area contributed by atoms with E-state index in [2.05, 4.69) is 38.4 Å².